The van der Waals surface area contributed by atoms with Gasteiger partial charge in [0.1, 0.15) is 10.8 Å². The second kappa shape index (κ2) is 9.64. The zero-order chi connectivity index (χ0) is 23.4. The van der Waals surface area contributed by atoms with Crippen LogP contribution in [-0.4, -0.2) is 17.3 Å². The molecule has 9 heteroatoms. The molecule has 1 N–H and O–H groups in total. The van der Waals surface area contributed by atoms with Crippen molar-refractivity contribution >= 4 is 34.5 Å². The Labute approximate surface area is 196 Å². The second-order valence-corrected chi connectivity index (χ2v) is 8.42. The van der Waals surface area contributed by atoms with Crippen LogP contribution in [0.5, 0.6) is 5.75 Å². The van der Waals surface area contributed by atoms with Crippen LogP contribution in [0.15, 0.2) is 78.9 Å². The van der Waals surface area contributed by atoms with Gasteiger partial charge >= 0.3 is 6.36 Å². The van der Waals surface area contributed by atoms with Crippen LogP contribution in [0.3, 0.4) is 0 Å². The van der Waals surface area contributed by atoms with Crippen molar-refractivity contribution in [2.75, 3.05) is 5.32 Å². The van der Waals surface area contributed by atoms with Gasteiger partial charge in [-0.1, -0.05) is 60.1 Å². The first kappa shape index (κ1) is 22.8. The van der Waals surface area contributed by atoms with Gasteiger partial charge in [0.05, 0.1) is 17.1 Å². The minimum atomic E-state index is -4.77. The van der Waals surface area contributed by atoms with E-state index in [-0.39, 0.29) is 18.1 Å². The van der Waals surface area contributed by atoms with Crippen molar-refractivity contribution in [3.63, 3.8) is 0 Å². The maximum atomic E-state index is 12.7. The molecule has 3 aromatic carbocycles. The third-order valence-electron chi connectivity index (χ3n) is 4.54. The smallest absolute Gasteiger partial charge is 0.406 e. The van der Waals surface area contributed by atoms with E-state index in [2.05, 4.69) is 10.1 Å². The number of rotatable bonds is 6. The minimum absolute atomic E-state index is 0.0349. The molecule has 1 amide bonds. The highest BCUT2D eigenvalue weighted by molar-refractivity contribution is 7.15. The number of hydrogen-bond acceptors (Lipinski definition) is 4. The molecule has 0 bridgehead atoms. The van der Waals surface area contributed by atoms with Gasteiger partial charge < -0.3 is 10.1 Å². The molecule has 0 spiro atoms. The first-order chi connectivity index (χ1) is 15.8. The van der Waals surface area contributed by atoms with Crippen LogP contribution < -0.4 is 10.1 Å². The topological polar surface area (TPSA) is 51.2 Å². The maximum absolute atomic E-state index is 12.7. The highest BCUT2D eigenvalue weighted by Gasteiger charge is 2.31. The molecule has 1 heterocycles. The van der Waals surface area contributed by atoms with Crippen LogP contribution in [-0.2, 0) is 11.2 Å². The number of anilines is 1. The number of aromatic nitrogens is 1. The number of halogens is 4. The van der Waals surface area contributed by atoms with Crippen molar-refractivity contribution in [2.24, 2.45) is 0 Å². The fraction of sp³-hybridized carbons (Fsp3) is 0.0833. The maximum Gasteiger partial charge on any atom is 0.573 e. The molecule has 4 nitrogen and oxygen atoms in total. The van der Waals surface area contributed by atoms with Gasteiger partial charge in [0.15, 0.2) is 0 Å². The lowest BCUT2D eigenvalue weighted by atomic mass is 10.1. The molecule has 0 unspecified atom stereocenters. The Bertz CT molecular complexity index is 1260. The van der Waals surface area contributed by atoms with E-state index in [0.717, 1.165) is 28.1 Å². The van der Waals surface area contributed by atoms with E-state index in [9.17, 15) is 18.0 Å². The Balaban J connectivity index is 1.56. The number of amides is 1. The molecule has 0 aliphatic rings. The van der Waals surface area contributed by atoms with Crippen molar-refractivity contribution in [3.05, 3.63) is 88.8 Å². The largest absolute Gasteiger partial charge is 0.573 e. The summed E-state index contributed by atoms with van der Waals surface area (Å²) in [7, 11) is 0. The van der Waals surface area contributed by atoms with E-state index in [1.54, 1.807) is 6.07 Å². The molecule has 168 valence electrons. The van der Waals surface area contributed by atoms with E-state index in [1.165, 1.54) is 23.5 Å². The summed E-state index contributed by atoms with van der Waals surface area (Å²) in [6.07, 6.45) is -4.74. The molecule has 0 fully saturated rings. The number of hydrogen-bond donors (Lipinski definition) is 1. The summed E-state index contributed by atoms with van der Waals surface area (Å²) in [4.78, 5) is 18.2. The van der Waals surface area contributed by atoms with Crippen molar-refractivity contribution in [1.29, 1.82) is 0 Å². The van der Waals surface area contributed by atoms with E-state index >= 15 is 0 Å². The number of nitrogens with one attached hydrogen (secondary N) is 1. The highest BCUT2D eigenvalue weighted by Crippen LogP contribution is 2.37. The monoisotopic (exact) mass is 488 g/mol. The van der Waals surface area contributed by atoms with E-state index in [4.69, 9.17) is 16.6 Å². The summed E-state index contributed by atoms with van der Waals surface area (Å²) in [5.41, 5.74) is 2.67. The third kappa shape index (κ3) is 5.91. The number of alkyl halides is 3. The van der Waals surface area contributed by atoms with Crippen LogP contribution in [0.1, 0.15) is 4.88 Å². The zero-order valence-electron chi connectivity index (χ0n) is 16.9. The fourth-order valence-corrected chi connectivity index (χ4v) is 4.54. The average Bonchev–Trinajstić information content (AvgIpc) is 3.18. The lowest BCUT2D eigenvalue weighted by Crippen LogP contribution is -2.17. The summed E-state index contributed by atoms with van der Waals surface area (Å²) < 4.78 is 40.8. The SMILES string of the molecule is O=C(Cc1sc(-c2ccccc2Cl)nc1-c1ccccc1)Nc1ccc(OC(F)(F)F)cc1. The third-order valence-corrected chi connectivity index (χ3v) is 5.96. The first-order valence-electron chi connectivity index (χ1n) is 9.74. The molecule has 0 aliphatic carbocycles. The van der Waals surface area contributed by atoms with Crippen LogP contribution >= 0.6 is 22.9 Å². The Hall–Kier alpha value is -3.36. The Morgan fingerprint density at radius 2 is 1.64 bits per heavy atom. The molecule has 0 aliphatic heterocycles. The quantitative estimate of drug-likeness (QED) is 0.312. The summed E-state index contributed by atoms with van der Waals surface area (Å²) >= 11 is 7.71. The van der Waals surface area contributed by atoms with Gasteiger partial charge in [-0.25, -0.2) is 4.98 Å². The number of ether oxygens (including phenoxy) is 1. The van der Waals surface area contributed by atoms with Gasteiger partial charge in [0.2, 0.25) is 5.91 Å². The van der Waals surface area contributed by atoms with Crippen molar-refractivity contribution in [2.45, 2.75) is 12.8 Å². The van der Waals surface area contributed by atoms with Gasteiger partial charge in [0.25, 0.3) is 0 Å². The second-order valence-electron chi connectivity index (χ2n) is 6.93. The predicted molar refractivity (Wildman–Crippen MR) is 123 cm³/mol. The van der Waals surface area contributed by atoms with Crippen molar-refractivity contribution in [3.8, 4) is 27.6 Å². The molecule has 0 radical (unpaired) electrons. The number of carbonyl (C=O) groups is 1. The number of carbonyl (C=O) groups excluding carboxylic acids is 1. The number of benzene rings is 3. The van der Waals surface area contributed by atoms with Crippen molar-refractivity contribution in [1.82, 2.24) is 4.98 Å². The van der Waals surface area contributed by atoms with Crippen LogP contribution in [0, 0.1) is 0 Å². The molecule has 4 rings (SSSR count). The molecule has 0 saturated carbocycles. The van der Waals surface area contributed by atoms with Gasteiger partial charge in [-0.15, -0.1) is 24.5 Å². The normalized spacial score (nSPS) is 11.3. The summed E-state index contributed by atoms with van der Waals surface area (Å²) in [5.74, 6) is -0.690. The standard InChI is InChI=1S/C24H16ClF3N2O2S/c25-19-9-5-4-8-18(19)23-30-22(15-6-2-1-3-7-15)20(33-23)14-21(31)29-16-10-12-17(13-11-16)32-24(26,27)28/h1-13H,14H2,(H,29,31). The van der Waals surface area contributed by atoms with Gasteiger partial charge in [-0.3, -0.25) is 4.79 Å². The zero-order valence-corrected chi connectivity index (χ0v) is 18.5. The Morgan fingerprint density at radius 1 is 0.970 bits per heavy atom. The lowest BCUT2D eigenvalue weighted by Gasteiger charge is -2.10. The van der Waals surface area contributed by atoms with Crippen LogP contribution in [0.25, 0.3) is 21.8 Å². The lowest BCUT2D eigenvalue weighted by molar-refractivity contribution is -0.274. The highest BCUT2D eigenvalue weighted by atomic mass is 35.5. The summed E-state index contributed by atoms with van der Waals surface area (Å²) in [5, 5.41) is 3.95. The van der Waals surface area contributed by atoms with Crippen LogP contribution in [0.4, 0.5) is 18.9 Å². The number of nitrogens with zero attached hydrogens (tertiary/aromatic N) is 1. The van der Waals surface area contributed by atoms with Gasteiger partial charge in [-0.2, -0.15) is 0 Å². The fourth-order valence-electron chi connectivity index (χ4n) is 3.13. The molecular weight excluding hydrogens is 473 g/mol. The van der Waals surface area contributed by atoms with E-state index < -0.39 is 6.36 Å². The molecule has 0 saturated heterocycles. The van der Waals surface area contributed by atoms with Crippen LogP contribution in [0.2, 0.25) is 5.02 Å². The van der Waals surface area contributed by atoms with Gasteiger partial charge in [0, 0.05) is 21.7 Å². The molecule has 33 heavy (non-hydrogen) atoms. The predicted octanol–water partition coefficient (Wildman–Crippen LogP) is 7.21. The van der Waals surface area contributed by atoms with E-state index in [1.807, 2.05) is 48.5 Å². The molecular formula is C24H16ClF3N2O2S. The summed E-state index contributed by atoms with van der Waals surface area (Å²) in [6.45, 7) is 0. The van der Waals surface area contributed by atoms with Crippen molar-refractivity contribution < 1.29 is 22.7 Å². The Morgan fingerprint density at radius 3 is 2.30 bits per heavy atom. The minimum Gasteiger partial charge on any atom is -0.406 e. The Kier molecular flexibility index (Phi) is 6.67. The molecule has 4 aromatic rings. The van der Waals surface area contributed by atoms with Gasteiger partial charge in [-0.05, 0) is 30.3 Å². The number of thiazole rings is 1. The first-order valence-corrected chi connectivity index (χ1v) is 10.9. The molecule has 1 aromatic heterocycles. The van der Waals surface area contributed by atoms with E-state index in [0.29, 0.717) is 21.4 Å². The summed E-state index contributed by atoms with van der Waals surface area (Å²) in [6, 6.07) is 21.8. The average molecular weight is 489 g/mol. The molecule has 0 atom stereocenters.